The first-order valence-electron chi connectivity index (χ1n) is 4.56. The Labute approximate surface area is 93.9 Å². The molecule has 0 fully saturated rings. The van der Waals surface area contributed by atoms with Crippen LogP contribution in [0.1, 0.15) is 25.3 Å². The number of carbonyl (C=O) groups excluding carboxylic acids is 1. The molecule has 0 saturated carbocycles. The zero-order valence-corrected chi connectivity index (χ0v) is 9.45. The van der Waals surface area contributed by atoms with Crippen LogP contribution in [0, 0.1) is 5.92 Å². The molecule has 0 aliphatic heterocycles. The van der Waals surface area contributed by atoms with Gasteiger partial charge in [-0.25, -0.2) is 0 Å². The highest BCUT2D eigenvalue weighted by Crippen LogP contribution is 2.33. The molecular formula is C8H10F3N3OS. The van der Waals surface area contributed by atoms with Gasteiger partial charge in [-0.05, 0) is 6.42 Å². The maximum absolute atomic E-state index is 12.2. The van der Waals surface area contributed by atoms with Crippen LogP contribution in [0.4, 0.5) is 18.3 Å². The normalized spacial score (nSPS) is 13.6. The zero-order chi connectivity index (χ0) is 12.3. The second kappa shape index (κ2) is 4.77. The standard InChI is InChI=1S/C8H10F3N3OS/c1-3-4(2)5(15)12-7-14-13-6(16-7)8(9,10)11/h4H,3H2,1-2H3,(H,12,14,15). The molecule has 1 atom stereocenters. The van der Waals surface area contributed by atoms with Crippen LogP contribution in [0.25, 0.3) is 0 Å². The highest BCUT2D eigenvalue weighted by atomic mass is 32.1. The molecule has 1 aromatic rings. The summed E-state index contributed by atoms with van der Waals surface area (Å²) >= 11 is 0.317. The van der Waals surface area contributed by atoms with Gasteiger partial charge >= 0.3 is 6.18 Å². The van der Waals surface area contributed by atoms with E-state index in [2.05, 4.69) is 15.5 Å². The van der Waals surface area contributed by atoms with Crippen molar-refractivity contribution >= 4 is 22.4 Å². The van der Waals surface area contributed by atoms with E-state index < -0.39 is 11.2 Å². The smallest absolute Gasteiger partial charge is 0.300 e. The lowest BCUT2D eigenvalue weighted by molar-refractivity contribution is -0.138. The first-order valence-corrected chi connectivity index (χ1v) is 5.37. The number of halogens is 3. The number of rotatable bonds is 3. The summed E-state index contributed by atoms with van der Waals surface area (Å²) in [7, 11) is 0. The Hall–Kier alpha value is -1.18. The number of hydrogen-bond acceptors (Lipinski definition) is 4. The molecule has 1 aromatic heterocycles. The van der Waals surface area contributed by atoms with E-state index in [1.807, 2.05) is 6.92 Å². The van der Waals surface area contributed by atoms with Crippen LogP contribution in [0.3, 0.4) is 0 Å². The molecule has 16 heavy (non-hydrogen) atoms. The number of alkyl halides is 3. The lowest BCUT2D eigenvalue weighted by Gasteiger charge is -2.06. The summed E-state index contributed by atoms with van der Waals surface area (Å²) in [5, 5.41) is 7.31. The number of nitrogens with one attached hydrogen (secondary N) is 1. The van der Waals surface area contributed by atoms with Gasteiger partial charge in [0.15, 0.2) is 0 Å². The van der Waals surface area contributed by atoms with Gasteiger partial charge in [0.05, 0.1) is 0 Å². The Morgan fingerprint density at radius 3 is 2.56 bits per heavy atom. The van der Waals surface area contributed by atoms with E-state index in [9.17, 15) is 18.0 Å². The largest absolute Gasteiger partial charge is 0.445 e. The molecular weight excluding hydrogens is 243 g/mol. The van der Waals surface area contributed by atoms with Crippen molar-refractivity contribution in [2.75, 3.05) is 5.32 Å². The van der Waals surface area contributed by atoms with Gasteiger partial charge in [-0.1, -0.05) is 25.2 Å². The molecule has 1 N–H and O–H groups in total. The van der Waals surface area contributed by atoms with Crippen LogP contribution in [0.15, 0.2) is 0 Å². The average Bonchev–Trinajstić information content (AvgIpc) is 2.64. The van der Waals surface area contributed by atoms with Crippen LogP contribution < -0.4 is 5.32 Å². The van der Waals surface area contributed by atoms with Crippen LogP contribution >= 0.6 is 11.3 Å². The van der Waals surface area contributed by atoms with Crippen molar-refractivity contribution in [2.24, 2.45) is 5.92 Å². The summed E-state index contributed by atoms with van der Waals surface area (Å²) in [5.74, 6) is -0.620. The van der Waals surface area contributed by atoms with Gasteiger partial charge < -0.3 is 5.32 Å². The fraction of sp³-hybridized carbons (Fsp3) is 0.625. The number of amides is 1. The third-order valence-corrected chi connectivity index (χ3v) is 2.84. The highest BCUT2D eigenvalue weighted by Gasteiger charge is 2.35. The lowest BCUT2D eigenvalue weighted by Crippen LogP contribution is -2.19. The van der Waals surface area contributed by atoms with Crippen molar-refractivity contribution in [1.82, 2.24) is 10.2 Å². The van der Waals surface area contributed by atoms with Crippen molar-refractivity contribution < 1.29 is 18.0 Å². The minimum atomic E-state index is -4.52. The maximum Gasteiger partial charge on any atom is 0.445 e. The van der Waals surface area contributed by atoms with E-state index in [4.69, 9.17) is 0 Å². The Bertz CT molecular complexity index is 377. The summed E-state index contributed by atoms with van der Waals surface area (Å²) in [6.45, 7) is 3.49. The SMILES string of the molecule is CCC(C)C(=O)Nc1nnc(C(F)(F)F)s1. The van der Waals surface area contributed by atoms with E-state index in [0.29, 0.717) is 17.8 Å². The van der Waals surface area contributed by atoms with Gasteiger partial charge in [-0.2, -0.15) is 13.2 Å². The molecule has 0 aliphatic carbocycles. The number of nitrogens with zero attached hydrogens (tertiary/aromatic N) is 2. The first kappa shape index (κ1) is 12.9. The molecule has 0 radical (unpaired) electrons. The molecule has 1 amide bonds. The number of aromatic nitrogens is 2. The van der Waals surface area contributed by atoms with Crippen molar-refractivity contribution in [3.63, 3.8) is 0 Å². The van der Waals surface area contributed by atoms with Gasteiger partial charge in [0.2, 0.25) is 16.0 Å². The van der Waals surface area contributed by atoms with E-state index in [1.54, 1.807) is 6.92 Å². The monoisotopic (exact) mass is 253 g/mol. The molecule has 0 spiro atoms. The van der Waals surface area contributed by atoms with Crippen molar-refractivity contribution in [3.8, 4) is 0 Å². The van der Waals surface area contributed by atoms with E-state index >= 15 is 0 Å². The molecule has 0 aromatic carbocycles. The van der Waals surface area contributed by atoms with Gasteiger partial charge in [0.1, 0.15) is 0 Å². The molecule has 0 bridgehead atoms. The quantitative estimate of drug-likeness (QED) is 0.900. The lowest BCUT2D eigenvalue weighted by atomic mass is 10.1. The molecule has 90 valence electrons. The van der Waals surface area contributed by atoms with Gasteiger partial charge in [0, 0.05) is 5.92 Å². The Kier molecular flexibility index (Phi) is 3.84. The molecule has 0 aliphatic rings. The molecule has 0 saturated heterocycles. The van der Waals surface area contributed by atoms with Gasteiger partial charge in [-0.3, -0.25) is 4.79 Å². The topological polar surface area (TPSA) is 54.9 Å². The third-order valence-electron chi connectivity index (χ3n) is 1.96. The minimum Gasteiger partial charge on any atom is -0.300 e. The highest BCUT2D eigenvalue weighted by molar-refractivity contribution is 7.15. The minimum absolute atomic E-state index is 0.127. The summed E-state index contributed by atoms with van der Waals surface area (Å²) in [6, 6.07) is 0. The average molecular weight is 253 g/mol. The Balaban J connectivity index is 2.70. The predicted octanol–water partition coefficient (Wildman–Crippen LogP) is 2.54. The summed E-state index contributed by atoms with van der Waals surface area (Å²) in [4.78, 5) is 11.3. The molecule has 1 rings (SSSR count). The van der Waals surface area contributed by atoms with Crippen molar-refractivity contribution in [1.29, 1.82) is 0 Å². The van der Waals surface area contributed by atoms with Crippen LogP contribution in [0.2, 0.25) is 0 Å². The van der Waals surface area contributed by atoms with E-state index in [0.717, 1.165) is 0 Å². The molecule has 1 heterocycles. The predicted molar refractivity (Wildman–Crippen MR) is 53.0 cm³/mol. The zero-order valence-electron chi connectivity index (χ0n) is 8.63. The first-order chi connectivity index (χ1) is 7.34. The van der Waals surface area contributed by atoms with Gasteiger partial charge in [-0.15, -0.1) is 10.2 Å². The second-order valence-electron chi connectivity index (χ2n) is 3.21. The maximum atomic E-state index is 12.2. The fourth-order valence-electron chi connectivity index (χ4n) is 0.802. The van der Waals surface area contributed by atoms with Crippen LogP contribution in [-0.4, -0.2) is 16.1 Å². The third kappa shape index (κ3) is 3.16. The fourth-order valence-corrected chi connectivity index (χ4v) is 1.42. The number of carbonyl (C=O) groups is 1. The second-order valence-corrected chi connectivity index (χ2v) is 4.19. The Morgan fingerprint density at radius 1 is 1.50 bits per heavy atom. The number of anilines is 1. The molecule has 4 nitrogen and oxygen atoms in total. The van der Waals surface area contributed by atoms with Crippen molar-refractivity contribution in [3.05, 3.63) is 5.01 Å². The van der Waals surface area contributed by atoms with E-state index in [-0.39, 0.29) is 17.0 Å². The molecule has 1 unspecified atom stereocenters. The summed E-state index contributed by atoms with van der Waals surface area (Å²) in [5.41, 5.74) is 0. The van der Waals surface area contributed by atoms with Crippen molar-refractivity contribution in [2.45, 2.75) is 26.4 Å². The molecule has 8 heteroatoms. The summed E-state index contributed by atoms with van der Waals surface area (Å²) in [6.07, 6.45) is -3.91. The van der Waals surface area contributed by atoms with E-state index in [1.165, 1.54) is 0 Å². The number of hydrogen-bond donors (Lipinski definition) is 1. The Morgan fingerprint density at radius 2 is 2.12 bits per heavy atom. The van der Waals surface area contributed by atoms with Gasteiger partial charge in [0.25, 0.3) is 0 Å². The van der Waals surface area contributed by atoms with Crippen LogP contribution in [-0.2, 0) is 11.0 Å². The summed E-state index contributed by atoms with van der Waals surface area (Å²) < 4.78 is 36.5. The van der Waals surface area contributed by atoms with Crippen LogP contribution in [0.5, 0.6) is 0 Å².